The third-order valence-electron chi connectivity index (χ3n) is 4.73. The van der Waals surface area contributed by atoms with E-state index in [2.05, 4.69) is 15.3 Å². The summed E-state index contributed by atoms with van der Waals surface area (Å²) in [6.07, 6.45) is 4.30. The van der Waals surface area contributed by atoms with Crippen LogP contribution >= 0.6 is 11.3 Å². The van der Waals surface area contributed by atoms with Crippen molar-refractivity contribution in [3.8, 4) is 27.8 Å². The number of nitrogens with one attached hydrogen (secondary N) is 1. The van der Waals surface area contributed by atoms with Crippen molar-refractivity contribution in [2.75, 3.05) is 33.7 Å². The lowest BCUT2D eigenvalue weighted by molar-refractivity contribution is 0.112. The number of aldehydes is 1. The molecule has 0 radical (unpaired) electrons. The van der Waals surface area contributed by atoms with Crippen LogP contribution in [0.2, 0.25) is 0 Å². The lowest BCUT2D eigenvalue weighted by Gasteiger charge is -2.11. The lowest BCUT2D eigenvalue weighted by atomic mass is 10.1. The van der Waals surface area contributed by atoms with E-state index in [1.54, 1.807) is 29.7 Å². The molecule has 9 heteroatoms. The van der Waals surface area contributed by atoms with Gasteiger partial charge in [-0.05, 0) is 42.0 Å². The van der Waals surface area contributed by atoms with Crippen LogP contribution < -0.4 is 19.5 Å². The van der Waals surface area contributed by atoms with Crippen molar-refractivity contribution in [3.05, 3.63) is 59.9 Å². The number of aliphatic hydroxyl groups is 1. The van der Waals surface area contributed by atoms with Crippen LogP contribution in [0.5, 0.6) is 17.2 Å². The predicted octanol–water partition coefficient (Wildman–Crippen LogP) is 4.42. The first-order chi connectivity index (χ1) is 16.1. The number of methoxy groups -OCH3 is 3. The smallest absolute Gasteiger partial charge is 0.203 e. The molecule has 2 heterocycles. The highest BCUT2D eigenvalue weighted by molar-refractivity contribution is 7.21. The van der Waals surface area contributed by atoms with E-state index in [0.29, 0.717) is 22.8 Å². The predicted molar refractivity (Wildman–Crippen MR) is 130 cm³/mol. The number of anilines is 1. The Bertz CT molecular complexity index is 1160. The van der Waals surface area contributed by atoms with Gasteiger partial charge in [0.15, 0.2) is 11.5 Å². The molecule has 0 fully saturated rings. The highest BCUT2D eigenvalue weighted by Gasteiger charge is 2.12. The molecule has 2 N–H and O–H groups in total. The molecule has 0 bridgehead atoms. The summed E-state index contributed by atoms with van der Waals surface area (Å²) in [4.78, 5) is 19.3. The Hall–Kier alpha value is -3.69. The normalized spacial score (nSPS) is 10.2. The Morgan fingerprint density at radius 2 is 1.79 bits per heavy atom. The maximum atomic E-state index is 10.6. The molecule has 4 aromatic rings. The molecule has 0 saturated heterocycles. The van der Waals surface area contributed by atoms with E-state index in [1.165, 1.54) is 21.3 Å². The summed E-state index contributed by atoms with van der Waals surface area (Å²) < 4.78 is 16.3. The number of aromatic nitrogens is 2. The van der Waals surface area contributed by atoms with Crippen molar-refractivity contribution in [2.24, 2.45) is 0 Å². The van der Waals surface area contributed by atoms with Gasteiger partial charge >= 0.3 is 0 Å². The van der Waals surface area contributed by atoms with Gasteiger partial charge in [0.1, 0.15) is 11.3 Å². The van der Waals surface area contributed by atoms with Crippen molar-refractivity contribution < 1.29 is 24.1 Å². The maximum absolute atomic E-state index is 10.6. The van der Waals surface area contributed by atoms with Crippen LogP contribution in [0.15, 0.2) is 48.8 Å². The summed E-state index contributed by atoms with van der Waals surface area (Å²) in [5.41, 5.74) is 4.30. The SMILES string of the molecule is CNc1cc(CO)cc(-c2nc3ccncc3s2)c1.COc1cc(C=O)cc(OC)c1OC. The average Bonchev–Trinajstić information content (AvgIpc) is 3.32. The zero-order valence-electron chi connectivity index (χ0n) is 18.8. The minimum atomic E-state index is 0.0228. The summed E-state index contributed by atoms with van der Waals surface area (Å²) in [6.45, 7) is 0.0228. The van der Waals surface area contributed by atoms with Gasteiger partial charge in [0.05, 0.1) is 38.2 Å². The number of ether oxygens (including phenoxy) is 3. The van der Waals surface area contributed by atoms with Gasteiger partial charge in [-0.3, -0.25) is 9.78 Å². The minimum Gasteiger partial charge on any atom is -0.493 e. The molecule has 0 aliphatic rings. The van der Waals surface area contributed by atoms with E-state index in [-0.39, 0.29) is 6.61 Å². The Kier molecular flexibility index (Phi) is 8.17. The van der Waals surface area contributed by atoms with Crippen LogP contribution in [0.4, 0.5) is 5.69 Å². The Balaban J connectivity index is 0.000000196. The topological polar surface area (TPSA) is 103 Å². The first-order valence-corrected chi connectivity index (χ1v) is 10.8. The van der Waals surface area contributed by atoms with Gasteiger partial charge in [0, 0.05) is 36.3 Å². The quantitative estimate of drug-likeness (QED) is 0.385. The van der Waals surface area contributed by atoms with Crippen molar-refractivity contribution in [3.63, 3.8) is 0 Å². The molecule has 0 spiro atoms. The number of hydrogen-bond donors (Lipinski definition) is 2. The molecule has 2 aromatic heterocycles. The van der Waals surface area contributed by atoms with Crippen molar-refractivity contribution in [1.82, 2.24) is 9.97 Å². The fraction of sp³-hybridized carbons (Fsp3) is 0.208. The van der Waals surface area contributed by atoms with Gasteiger partial charge < -0.3 is 24.6 Å². The fourth-order valence-corrected chi connectivity index (χ4v) is 4.04. The van der Waals surface area contributed by atoms with E-state index in [1.807, 2.05) is 37.5 Å². The van der Waals surface area contributed by atoms with Gasteiger partial charge in [-0.25, -0.2) is 4.98 Å². The van der Waals surface area contributed by atoms with Gasteiger partial charge in [-0.15, -0.1) is 11.3 Å². The second-order valence-corrected chi connectivity index (χ2v) is 7.80. The summed E-state index contributed by atoms with van der Waals surface area (Å²) in [7, 11) is 6.39. The monoisotopic (exact) mass is 467 g/mol. The molecule has 0 atom stereocenters. The molecule has 0 amide bonds. The number of fused-ring (bicyclic) bond motifs is 1. The Morgan fingerprint density at radius 1 is 1.06 bits per heavy atom. The second kappa shape index (κ2) is 11.3. The van der Waals surface area contributed by atoms with E-state index in [9.17, 15) is 9.90 Å². The second-order valence-electron chi connectivity index (χ2n) is 6.77. The molecule has 8 nitrogen and oxygen atoms in total. The number of pyridine rings is 1. The number of carbonyl (C=O) groups excluding carboxylic acids is 1. The van der Waals surface area contributed by atoms with Gasteiger partial charge in [-0.1, -0.05) is 0 Å². The maximum Gasteiger partial charge on any atom is 0.203 e. The van der Waals surface area contributed by atoms with Crippen LogP contribution in [0.1, 0.15) is 15.9 Å². The molecular formula is C24H25N3O5S. The Labute approximate surface area is 195 Å². The van der Waals surface area contributed by atoms with Crippen molar-refractivity contribution >= 4 is 33.5 Å². The van der Waals surface area contributed by atoms with E-state index in [4.69, 9.17) is 14.2 Å². The largest absolute Gasteiger partial charge is 0.493 e. The van der Waals surface area contributed by atoms with Crippen LogP contribution in [0.3, 0.4) is 0 Å². The van der Waals surface area contributed by atoms with Crippen molar-refractivity contribution in [2.45, 2.75) is 6.61 Å². The van der Waals surface area contributed by atoms with Crippen LogP contribution in [0.25, 0.3) is 20.8 Å². The summed E-state index contributed by atoms with van der Waals surface area (Å²) in [6, 6.07) is 11.0. The zero-order chi connectivity index (χ0) is 23.8. The number of carbonyl (C=O) groups is 1. The number of nitrogens with zero attached hydrogens (tertiary/aromatic N) is 2. The molecule has 2 aromatic carbocycles. The molecule has 172 valence electrons. The van der Waals surface area contributed by atoms with Crippen LogP contribution in [0, 0.1) is 0 Å². The van der Waals surface area contributed by atoms with Gasteiger partial charge in [0.2, 0.25) is 5.75 Å². The molecule has 33 heavy (non-hydrogen) atoms. The minimum absolute atomic E-state index is 0.0228. The molecule has 0 unspecified atom stereocenters. The number of aliphatic hydroxyl groups excluding tert-OH is 1. The van der Waals surface area contributed by atoms with Gasteiger partial charge in [0.25, 0.3) is 0 Å². The third kappa shape index (κ3) is 5.57. The van der Waals surface area contributed by atoms with Gasteiger partial charge in [-0.2, -0.15) is 0 Å². The average molecular weight is 468 g/mol. The van der Waals surface area contributed by atoms with E-state index < -0.39 is 0 Å². The summed E-state index contributed by atoms with van der Waals surface area (Å²) in [5, 5.41) is 13.4. The van der Waals surface area contributed by atoms with Crippen LogP contribution in [-0.4, -0.2) is 49.7 Å². The third-order valence-corrected chi connectivity index (χ3v) is 5.78. The number of hydrogen-bond acceptors (Lipinski definition) is 9. The molecule has 4 rings (SSSR count). The first kappa shape index (κ1) is 24.0. The molecule has 0 aliphatic heterocycles. The van der Waals surface area contributed by atoms with E-state index >= 15 is 0 Å². The number of thiazole rings is 1. The lowest BCUT2D eigenvalue weighted by Crippen LogP contribution is -1.96. The molecule has 0 aliphatic carbocycles. The molecule has 0 saturated carbocycles. The highest BCUT2D eigenvalue weighted by Crippen LogP contribution is 2.37. The highest BCUT2D eigenvalue weighted by atomic mass is 32.1. The Morgan fingerprint density at radius 3 is 2.33 bits per heavy atom. The first-order valence-electron chi connectivity index (χ1n) is 9.95. The molecular weight excluding hydrogens is 442 g/mol. The standard InChI is InChI=1S/C14H13N3OS.C10H12O4/c1-15-11-5-9(8-18)4-10(6-11)14-17-12-2-3-16-7-13(12)19-14;1-12-8-4-7(6-11)5-9(13-2)10(8)14-3/h2-7,15,18H,8H2,1H3;4-6H,1-3H3. The number of benzene rings is 2. The number of rotatable bonds is 7. The fourth-order valence-electron chi connectivity index (χ4n) is 3.12. The zero-order valence-corrected chi connectivity index (χ0v) is 19.6. The van der Waals surface area contributed by atoms with Crippen molar-refractivity contribution in [1.29, 1.82) is 0 Å². The summed E-state index contributed by atoms with van der Waals surface area (Å²) >= 11 is 1.61. The van der Waals surface area contributed by atoms with Crippen LogP contribution in [-0.2, 0) is 6.61 Å². The van der Waals surface area contributed by atoms with E-state index in [0.717, 1.165) is 38.3 Å². The summed E-state index contributed by atoms with van der Waals surface area (Å²) in [5.74, 6) is 1.45.